The second kappa shape index (κ2) is 10.9. The van der Waals surface area contributed by atoms with E-state index in [9.17, 15) is 9.59 Å². The lowest BCUT2D eigenvalue weighted by Gasteiger charge is -2.16. The molecule has 0 saturated carbocycles. The van der Waals surface area contributed by atoms with E-state index in [4.69, 9.17) is 14.5 Å². The summed E-state index contributed by atoms with van der Waals surface area (Å²) in [4.78, 5) is 32.7. The van der Waals surface area contributed by atoms with Crippen LogP contribution in [0.2, 0.25) is 0 Å². The second-order valence-corrected chi connectivity index (χ2v) is 8.63. The molecule has 0 atom stereocenters. The first-order chi connectivity index (χ1) is 18.6. The number of ether oxygens (including phenoxy) is 2. The number of pyridine rings is 1. The molecule has 5 aromatic rings. The number of aromatic nitrogens is 1. The molecule has 5 rings (SSSR count). The third kappa shape index (κ3) is 4.95. The lowest BCUT2D eigenvalue weighted by molar-refractivity contribution is 0.103. The van der Waals surface area contributed by atoms with Crippen molar-refractivity contribution in [3.8, 4) is 34.0 Å². The molecule has 0 aliphatic heterocycles. The molecule has 0 aliphatic carbocycles. The molecule has 186 valence electrons. The third-order valence-corrected chi connectivity index (χ3v) is 6.27. The molecule has 0 N–H and O–H groups in total. The third-order valence-electron chi connectivity index (χ3n) is 6.27. The number of nitrogens with zero attached hydrogens (tertiary/aromatic N) is 1. The molecule has 4 aromatic carbocycles. The van der Waals surface area contributed by atoms with Crippen LogP contribution in [0.25, 0.3) is 22.5 Å². The zero-order valence-corrected chi connectivity index (χ0v) is 21.0. The molecule has 0 spiro atoms. The second-order valence-electron chi connectivity index (χ2n) is 8.63. The van der Waals surface area contributed by atoms with Crippen molar-refractivity contribution in [2.75, 3.05) is 14.2 Å². The molecular weight excluding hydrogens is 474 g/mol. The van der Waals surface area contributed by atoms with Crippen molar-refractivity contribution in [2.45, 2.75) is 0 Å². The summed E-state index contributed by atoms with van der Waals surface area (Å²) in [6, 6.07) is 34.4. The van der Waals surface area contributed by atoms with Crippen LogP contribution in [0.5, 0.6) is 11.5 Å². The van der Waals surface area contributed by atoms with E-state index in [2.05, 4.69) is 0 Å². The number of hydrogen-bond acceptors (Lipinski definition) is 5. The van der Waals surface area contributed by atoms with Gasteiger partial charge in [-0.05, 0) is 30.3 Å². The van der Waals surface area contributed by atoms with Gasteiger partial charge in [-0.15, -0.1) is 0 Å². The molecule has 5 nitrogen and oxygen atoms in total. The fourth-order valence-electron chi connectivity index (χ4n) is 4.33. The van der Waals surface area contributed by atoms with E-state index in [0.717, 1.165) is 0 Å². The number of ketones is 2. The van der Waals surface area contributed by atoms with Crippen molar-refractivity contribution in [2.24, 2.45) is 0 Å². The van der Waals surface area contributed by atoms with Crippen LogP contribution in [0.3, 0.4) is 0 Å². The molecule has 0 unspecified atom stereocenters. The van der Waals surface area contributed by atoms with Crippen molar-refractivity contribution < 1.29 is 19.1 Å². The maximum absolute atomic E-state index is 13.9. The summed E-state index contributed by atoms with van der Waals surface area (Å²) < 4.78 is 10.9. The van der Waals surface area contributed by atoms with Crippen LogP contribution < -0.4 is 9.47 Å². The Bertz CT molecular complexity index is 1490. The Balaban J connectivity index is 1.82. The van der Waals surface area contributed by atoms with Crippen LogP contribution in [0, 0.1) is 0 Å². The number of carbonyl (C=O) groups is 2. The Morgan fingerprint density at radius 1 is 0.526 bits per heavy atom. The van der Waals surface area contributed by atoms with Crippen LogP contribution in [-0.2, 0) is 0 Å². The lowest BCUT2D eigenvalue weighted by Crippen LogP contribution is -2.12. The van der Waals surface area contributed by atoms with Gasteiger partial charge in [0.05, 0.1) is 25.6 Å². The van der Waals surface area contributed by atoms with Crippen LogP contribution in [0.1, 0.15) is 31.8 Å². The quantitative estimate of drug-likeness (QED) is 0.217. The molecule has 0 fully saturated rings. The highest BCUT2D eigenvalue weighted by atomic mass is 16.5. The van der Waals surface area contributed by atoms with Crippen molar-refractivity contribution in [1.82, 2.24) is 4.98 Å². The lowest BCUT2D eigenvalue weighted by atomic mass is 9.91. The van der Waals surface area contributed by atoms with Gasteiger partial charge in [-0.25, -0.2) is 4.98 Å². The zero-order chi connectivity index (χ0) is 26.5. The highest BCUT2D eigenvalue weighted by molar-refractivity contribution is 6.17. The van der Waals surface area contributed by atoms with Gasteiger partial charge in [-0.2, -0.15) is 0 Å². The maximum atomic E-state index is 13.9. The molecule has 1 aromatic heterocycles. The molecule has 0 bridgehead atoms. The van der Waals surface area contributed by atoms with Crippen LogP contribution >= 0.6 is 0 Å². The summed E-state index contributed by atoms with van der Waals surface area (Å²) in [7, 11) is 3.18. The van der Waals surface area contributed by atoms with Crippen molar-refractivity contribution in [1.29, 1.82) is 0 Å². The summed E-state index contributed by atoms with van der Waals surface area (Å²) in [5.41, 5.74) is 3.99. The van der Waals surface area contributed by atoms with Crippen molar-refractivity contribution >= 4 is 11.6 Å². The van der Waals surface area contributed by atoms with E-state index in [1.807, 2.05) is 84.9 Å². The van der Waals surface area contributed by atoms with Gasteiger partial charge in [-0.1, -0.05) is 84.9 Å². The van der Waals surface area contributed by atoms with E-state index < -0.39 is 0 Å². The summed E-state index contributed by atoms with van der Waals surface area (Å²) in [6.07, 6.45) is 0. The zero-order valence-electron chi connectivity index (χ0n) is 21.0. The fourth-order valence-corrected chi connectivity index (χ4v) is 4.33. The Morgan fingerprint density at radius 3 is 1.34 bits per heavy atom. The Kier molecular flexibility index (Phi) is 7.09. The average molecular weight is 500 g/mol. The number of hydrogen-bond donors (Lipinski definition) is 0. The van der Waals surface area contributed by atoms with Crippen LogP contribution in [0.4, 0.5) is 0 Å². The highest BCUT2D eigenvalue weighted by Crippen LogP contribution is 2.34. The van der Waals surface area contributed by atoms with Gasteiger partial charge in [0.25, 0.3) is 0 Å². The first kappa shape index (κ1) is 24.7. The van der Waals surface area contributed by atoms with Crippen LogP contribution in [-0.4, -0.2) is 30.8 Å². The summed E-state index contributed by atoms with van der Waals surface area (Å²) in [5, 5.41) is 0. The predicted molar refractivity (Wildman–Crippen MR) is 148 cm³/mol. The molecule has 1 heterocycles. The van der Waals surface area contributed by atoms with E-state index in [1.165, 1.54) is 0 Å². The molecule has 0 aliphatic rings. The molecule has 0 amide bonds. The van der Waals surface area contributed by atoms with Gasteiger partial charge in [0.1, 0.15) is 11.5 Å². The number of methoxy groups -OCH3 is 2. The van der Waals surface area contributed by atoms with Gasteiger partial charge in [-0.3, -0.25) is 9.59 Å². The first-order valence-electron chi connectivity index (χ1n) is 12.1. The maximum Gasteiger partial charge on any atom is 0.195 e. The Hall–Kier alpha value is -5.03. The topological polar surface area (TPSA) is 65.5 Å². The van der Waals surface area contributed by atoms with Gasteiger partial charge in [0.2, 0.25) is 0 Å². The van der Waals surface area contributed by atoms with Crippen molar-refractivity contribution in [3.05, 3.63) is 138 Å². The smallest absolute Gasteiger partial charge is 0.195 e. The number of benzene rings is 4. The average Bonchev–Trinajstić information content (AvgIpc) is 3.00. The Morgan fingerprint density at radius 2 is 0.947 bits per heavy atom. The van der Waals surface area contributed by atoms with E-state index in [1.54, 1.807) is 44.6 Å². The minimum absolute atomic E-state index is 0.227. The first-order valence-corrected chi connectivity index (χ1v) is 12.1. The summed E-state index contributed by atoms with van der Waals surface area (Å²) in [6.45, 7) is 0. The minimum atomic E-state index is -0.227. The largest absolute Gasteiger partial charge is 0.497 e. The standard InChI is InChI=1S/C33H25NO4/c1-37-26-17-9-15-24(19-26)30-28(32(35)22-11-5-3-6-12-22)21-29(33(36)23-13-7-4-8-14-23)31(34-30)25-16-10-18-27(20-25)38-2/h3-21H,1-2H3. The number of carbonyl (C=O) groups excluding carboxylic acids is 2. The molecule has 0 saturated heterocycles. The molecule has 5 heteroatoms. The highest BCUT2D eigenvalue weighted by Gasteiger charge is 2.24. The monoisotopic (exact) mass is 499 g/mol. The SMILES string of the molecule is COc1cccc(-c2nc(-c3cccc(OC)c3)c(C(=O)c3ccccc3)cc2C(=O)c2ccccc2)c1. The van der Waals surface area contributed by atoms with E-state index in [0.29, 0.717) is 56.3 Å². The summed E-state index contributed by atoms with van der Waals surface area (Å²) >= 11 is 0. The van der Waals surface area contributed by atoms with Gasteiger partial charge < -0.3 is 9.47 Å². The summed E-state index contributed by atoms with van der Waals surface area (Å²) in [5.74, 6) is 0.815. The van der Waals surface area contributed by atoms with Gasteiger partial charge in [0, 0.05) is 33.4 Å². The van der Waals surface area contributed by atoms with Crippen LogP contribution in [0.15, 0.2) is 115 Å². The van der Waals surface area contributed by atoms with Gasteiger partial charge in [0.15, 0.2) is 11.6 Å². The molecule has 38 heavy (non-hydrogen) atoms. The minimum Gasteiger partial charge on any atom is -0.497 e. The van der Waals surface area contributed by atoms with E-state index in [-0.39, 0.29) is 11.6 Å². The van der Waals surface area contributed by atoms with E-state index >= 15 is 0 Å². The normalized spacial score (nSPS) is 10.6. The predicted octanol–water partition coefficient (Wildman–Crippen LogP) is 6.89. The Labute approximate surface area is 221 Å². The molecule has 0 radical (unpaired) electrons. The molecular formula is C33H25NO4. The van der Waals surface area contributed by atoms with Gasteiger partial charge >= 0.3 is 0 Å². The number of rotatable bonds is 8. The fraction of sp³-hybridized carbons (Fsp3) is 0.0606. The van der Waals surface area contributed by atoms with Crippen molar-refractivity contribution in [3.63, 3.8) is 0 Å².